The molecular weight excluding hydrogens is 546 g/mol. The van der Waals surface area contributed by atoms with Crippen molar-refractivity contribution in [2.45, 2.75) is 32.4 Å². The second kappa shape index (κ2) is 10.7. The Hall–Kier alpha value is -5.18. The molecule has 42 heavy (non-hydrogen) atoms. The highest BCUT2D eigenvalue weighted by molar-refractivity contribution is 5.99. The lowest BCUT2D eigenvalue weighted by molar-refractivity contribution is -0.396. The van der Waals surface area contributed by atoms with Crippen LogP contribution in [0.4, 0.5) is 22.2 Å². The number of rotatable bonds is 6. The number of ether oxygens (including phenoxy) is 2. The molecule has 1 aliphatic rings. The Balaban J connectivity index is 1.46. The summed E-state index contributed by atoms with van der Waals surface area (Å²) in [5.41, 5.74) is 3.74. The van der Waals surface area contributed by atoms with Gasteiger partial charge in [-0.25, -0.2) is 24.0 Å². The van der Waals surface area contributed by atoms with Crippen molar-refractivity contribution >= 4 is 45.6 Å². The van der Waals surface area contributed by atoms with Gasteiger partial charge in [0.25, 0.3) is 0 Å². The van der Waals surface area contributed by atoms with Gasteiger partial charge in [0.1, 0.15) is 12.0 Å². The fourth-order valence-electron chi connectivity index (χ4n) is 5.26. The van der Waals surface area contributed by atoms with Gasteiger partial charge in [-0.2, -0.15) is 0 Å². The number of hydrogen-bond donors (Lipinski definition) is 0. The molecule has 5 heterocycles. The van der Waals surface area contributed by atoms with E-state index >= 15 is 0 Å². The molecule has 0 bridgehead atoms. The van der Waals surface area contributed by atoms with Crippen LogP contribution in [0.1, 0.15) is 30.1 Å². The zero-order valence-corrected chi connectivity index (χ0v) is 23.1. The third-order valence-electron chi connectivity index (χ3n) is 7.52. The number of hydrogen-bond acceptors (Lipinski definition) is 10. The molecule has 1 fully saturated rings. The van der Waals surface area contributed by atoms with Crippen LogP contribution >= 0.6 is 0 Å². The van der Waals surface area contributed by atoms with Crippen LogP contribution in [0.2, 0.25) is 0 Å². The van der Waals surface area contributed by atoms with E-state index in [0.29, 0.717) is 65.1 Å². The first-order valence-electron chi connectivity index (χ1n) is 13.2. The van der Waals surface area contributed by atoms with E-state index in [-0.39, 0.29) is 30.1 Å². The van der Waals surface area contributed by atoms with Crippen molar-refractivity contribution in [1.29, 1.82) is 0 Å². The first-order chi connectivity index (χ1) is 20.2. The zero-order valence-electron chi connectivity index (χ0n) is 23.1. The number of carbonyl (C=O) groups is 1. The molecular formula is C27H27N9O6. The van der Waals surface area contributed by atoms with Crippen molar-refractivity contribution in [2.75, 3.05) is 18.1 Å². The predicted molar refractivity (Wildman–Crippen MR) is 151 cm³/mol. The van der Waals surface area contributed by atoms with Crippen LogP contribution in [0.15, 0.2) is 47.8 Å². The molecule has 0 atom stereocenters. The van der Waals surface area contributed by atoms with Crippen LogP contribution in [0.25, 0.3) is 22.1 Å². The number of nitrogens with zero attached hydrogens (tertiary/aromatic N) is 9. The summed E-state index contributed by atoms with van der Waals surface area (Å²) in [4.78, 5) is 56.1. The van der Waals surface area contributed by atoms with Gasteiger partial charge < -0.3 is 19.6 Å². The Bertz CT molecular complexity index is 1900. The van der Waals surface area contributed by atoms with Gasteiger partial charge in [0, 0.05) is 44.8 Å². The number of carbonyl (C=O) groups excluding carboxylic acids is 1. The van der Waals surface area contributed by atoms with Crippen LogP contribution in [-0.2, 0) is 30.2 Å². The summed E-state index contributed by atoms with van der Waals surface area (Å²) < 4.78 is 15.7. The molecule has 1 aromatic carbocycles. The minimum atomic E-state index is -0.784. The van der Waals surface area contributed by atoms with E-state index in [2.05, 4.69) is 19.9 Å². The highest BCUT2D eigenvalue weighted by Gasteiger charge is 2.28. The van der Waals surface area contributed by atoms with Gasteiger partial charge >= 0.3 is 17.7 Å². The molecule has 15 nitrogen and oxygen atoms in total. The number of aryl methyl sites for hydroxylation is 2. The zero-order chi connectivity index (χ0) is 29.5. The van der Waals surface area contributed by atoms with E-state index in [1.807, 2.05) is 6.92 Å². The van der Waals surface area contributed by atoms with Crippen LogP contribution < -0.4 is 10.6 Å². The van der Waals surface area contributed by atoms with Gasteiger partial charge in [0.15, 0.2) is 12.3 Å². The van der Waals surface area contributed by atoms with E-state index in [9.17, 15) is 19.7 Å². The third-order valence-corrected chi connectivity index (χ3v) is 7.52. The first kappa shape index (κ1) is 27.0. The highest BCUT2D eigenvalue weighted by Crippen LogP contribution is 2.33. The number of benzene rings is 1. The number of nitro groups is 1. The molecule has 1 saturated heterocycles. The van der Waals surface area contributed by atoms with Crippen LogP contribution in [0.5, 0.6) is 0 Å². The number of amides is 1. The lowest BCUT2D eigenvalue weighted by Crippen LogP contribution is -2.30. The van der Waals surface area contributed by atoms with Crippen molar-refractivity contribution in [3.8, 4) is 0 Å². The van der Waals surface area contributed by atoms with Crippen molar-refractivity contribution in [1.82, 2.24) is 33.6 Å². The Kier molecular flexibility index (Phi) is 6.86. The van der Waals surface area contributed by atoms with Gasteiger partial charge in [0.2, 0.25) is 0 Å². The summed E-state index contributed by atoms with van der Waals surface area (Å²) in [5.74, 6) is -0.148. The summed E-state index contributed by atoms with van der Waals surface area (Å²) >= 11 is 0. The molecule has 15 heteroatoms. The van der Waals surface area contributed by atoms with Gasteiger partial charge in [-0.3, -0.25) is 19.1 Å². The molecule has 1 amide bonds. The van der Waals surface area contributed by atoms with E-state index in [0.717, 1.165) is 0 Å². The molecule has 0 radical (unpaired) electrons. The molecule has 0 N–H and O–H groups in total. The molecule has 0 aliphatic carbocycles. The predicted octanol–water partition coefficient (Wildman–Crippen LogP) is 3.45. The number of pyridine rings is 1. The monoisotopic (exact) mass is 573 g/mol. The average molecular weight is 574 g/mol. The quantitative estimate of drug-likeness (QED) is 0.217. The summed E-state index contributed by atoms with van der Waals surface area (Å²) in [6.45, 7) is 2.65. The minimum absolute atomic E-state index is 0.0658. The third kappa shape index (κ3) is 4.62. The normalized spacial score (nSPS) is 14.0. The Morgan fingerprint density at radius 1 is 1.05 bits per heavy atom. The average Bonchev–Trinajstić information content (AvgIpc) is 3.48. The number of aromatic nitrogens is 7. The van der Waals surface area contributed by atoms with E-state index in [1.54, 1.807) is 48.4 Å². The topological polar surface area (TPSA) is 165 Å². The fourth-order valence-corrected chi connectivity index (χ4v) is 5.26. The van der Waals surface area contributed by atoms with Gasteiger partial charge in [-0.15, -0.1) is 0 Å². The Morgan fingerprint density at radius 3 is 2.45 bits per heavy atom. The van der Waals surface area contributed by atoms with Gasteiger partial charge in [0.05, 0.1) is 41.0 Å². The largest absolute Gasteiger partial charge is 0.441 e. The standard InChI is InChI=1S/C27H27N9O6/c1-16-10-19-20(29-7-6-28-19)11-21(16)35(27(38)42-15-18-13-31-25(32(18)2)36(39)40)24-12-22-23(14-30-24)33(3)26(37)34(22)17-4-8-41-9-5-17/h6-7,10-14,17H,4-5,8-9,15H2,1-3H3. The van der Waals surface area contributed by atoms with E-state index < -0.39 is 11.0 Å². The summed E-state index contributed by atoms with van der Waals surface area (Å²) in [6.07, 6.45) is 6.56. The number of fused-ring (bicyclic) bond motifs is 2. The lowest BCUT2D eigenvalue weighted by atomic mass is 10.1. The van der Waals surface area contributed by atoms with Crippen molar-refractivity contribution in [2.24, 2.45) is 14.1 Å². The van der Waals surface area contributed by atoms with Gasteiger partial charge in [-0.1, -0.05) is 4.98 Å². The molecule has 216 valence electrons. The summed E-state index contributed by atoms with van der Waals surface area (Å²) in [7, 11) is 3.16. The van der Waals surface area contributed by atoms with E-state index in [1.165, 1.54) is 27.3 Å². The Morgan fingerprint density at radius 2 is 1.76 bits per heavy atom. The molecule has 0 spiro atoms. The number of anilines is 2. The smallest absolute Gasteiger partial charge is 0.434 e. The second-order valence-electron chi connectivity index (χ2n) is 10.0. The number of imidazole rings is 2. The fraction of sp³-hybridized carbons (Fsp3) is 0.333. The summed E-state index contributed by atoms with van der Waals surface area (Å²) in [6, 6.07) is 5.16. The van der Waals surface area contributed by atoms with Crippen LogP contribution in [-0.4, -0.2) is 57.9 Å². The van der Waals surface area contributed by atoms with Crippen LogP contribution in [0, 0.1) is 17.0 Å². The maximum absolute atomic E-state index is 13.8. The maximum atomic E-state index is 13.8. The van der Waals surface area contributed by atoms with E-state index in [4.69, 9.17) is 9.47 Å². The van der Waals surface area contributed by atoms with Gasteiger partial charge in [-0.05, 0) is 42.4 Å². The highest BCUT2D eigenvalue weighted by atomic mass is 16.6. The maximum Gasteiger partial charge on any atom is 0.434 e. The molecule has 4 aromatic heterocycles. The molecule has 5 aromatic rings. The van der Waals surface area contributed by atoms with Crippen molar-refractivity contribution < 1.29 is 19.2 Å². The molecule has 1 aliphatic heterocycles. The van der Waals surface area contributed by atoms with Crippen molar-refractivity contribution in [3.05, 3.63) is 74.8 Å². The SMILES string of the molecule is Cc1cc2nccnc2cc1N(C(=O)OCc1cnc([N+](=O)[O-])n1C)c1cc2c(cn1)n(C)c(=O)n2C1CCOCC1. The first-order valence-corrected chi connectivity index (χ1v) is 13.2. The summed E-state index contributed by atoms with van der Waals surface area (Å²) in [5, 5.41) is 11.2. The molecule has 0 saturated carbocycles. The van der Waals surface area contributed by atoms with Crippen molar-refractivity contribution in [3.63, 3.8) is 0 Å². The lowest BCUT2D eigenvalue weighted by Gasteiger charge is -2.25. The Labute approximate surface area is 238 Å². The van der Waals surface area contributed by atoms with Crippen LogP contribution in [0.3, 0.4) is 0 Å². The second-order valence-corrected chi connectivity index (χ2v) is 10.0. The molecule has 6 rings (SSSR count). The molecule has 0 unspecified atom stereocenters. The minimum Gasteiger partial charge on any atom is -0.441 e.